The fourth-order valence-corrected chi connectivity index (χ4v) is 3.93. The maximum absolute atomic E-state index is 15.2. The van der Waals surface area contributed by atoms with Crippen LogP contribution in [0.5, 0.6) is 5.75 Å². The molecule has 0 saturated carbocycles. The van der Waals surface area contributed by atoms with Crippen LogP contribution in [0, 0.1) is 23.5 Å². The van der Waals surface area contributed by atoms with Crippen LogP contribution >= 0.6 is 0 Å². The molecule has 4 aromatic rings. The number of rotatable bonds is 7. The molecule has 0 amide bonds. The number of ether oxygens (including phenoxy) is 1. The lowest BCUT2D eigenvalue weighted by molar-refractivity contribution is -0.0521. The lowest BCUT2D eigenvalue weighted by Crippen LogP contribution is -2.03. The molecule has 0 atom stereocenters. The minimum atomic E-state index is -3.14. The van der Waals surface area contributed by atoms with E-state index in [1.165, 1.54) is 37.0 Å². The van der Waals surface area contributed by atoms with Gasteiger partial charge >= 0.3 is 6.61 Å². The van der Waals surface area contributed by atoms with Crippen molar-refractivity contribution in [3.05, 3.63) is 101 Å². The van der Waals surface area contributed by atoms with E-state index in [1.807, 2.05) is 12.1 Å². The van der Waals surface area contributed by atoms with Crippen molar-refractivity contribution in [2.45, 2.75) is 39.2 Å². The van der Waals surface area contributed by atoms with Gasteiger partial charge in [-0.05, 0) is 65.8 Å². The van der Waals surface area contributed by atoms with Gasteiger partial charge in [0.05, 0.1) is 0 Å². The first-order valence-corrected chi connectivity index (χ1v) is 11.5. The second-order valence-electron chi connectivity index (χ2n) is 8.29. The van der Waals surface area contributed by atoms with E-state index < -0.39 is 24.0 Å². The third kappa shape index (κ3) is 6.02. The molecular formula is C30H24F4O. The topological polar surface area (TPSA) is 9.23 Å². The van der Waals surface area contributed by atoms with Crippen LogP contribution in [-0.2, 0) is 6.42 Å². The first-order valence-electron chi connectivity index (χ1n) is 11.5. The van der Waals surface area contributed by atoms with Crippen LogP contribution in [-0.4, -0.2) is 6.61 Å². The molecule has 0 N–H and O–H groups in total. The summed E-state index contributed by atoms with van der Waals surface area (Å²) in [4.78, 5) is 0. The normalized spacial score (nSPS) is 10.9. The van der Waals surface area contributed by atoms with E-state index in [0.29, 0.717) is 10.8 Å². The van der Waals surface area contributed by atoms with Crippen molar-refractivity contribution in [3.63, 3.8) is 0 Å². The molecule has 0 aliphatic rings. The van der Waals surface area contributed by atoms with Crippen molar-refractivity contribution in [2.24, 2.45) is 0 Å². The van der Waals surface area contributed by atoms with Crippen molar-refractivity contribution in [2.75, 3.05) is 0 Å². The predicted molar refractivity (Wildman–Crippen MR) is 132 cm³/mol. The zero-order valence-corrected chi connectivity index (χ0v) is 19.3. The molecule has 0 heterocycles. The monoisotopic (exact) mass is 476 g/mol. The van der Waals surface area contributed by atoms with Crippen LogP contribution in [0.15, 0.2) is 72.8 Å². The van der Waals surface area contributed by atoms with Gasteiger partial charge in [0.2, 0.25) is 0 Å². The van der Waals surface area contributed by atoms with Gasteiger partial charge in [-0.2, -0.15) is 8.78 Å². The third-order valence-corrected chi connectivity index (χ3v) is 5.79. The molecular weight excluding hydrogens is 452 g/mol. The van der Waals surface area contributed by atoms with Crippen molar-refractivity contribution in [3.8, 4) is 28.7 Å². The summed E-state index contributed by atoms with van der Waals surface area (Å²) in [5.41, 5.74) is 3.35. The first kappa shape index (κ1) is 24.3. The molecule has 0 saturated heterocycles. The number of unbranched alkanes of at least 4 members (excludes halogenated alkanes) is 2. The van der Waals surface area contributed by atoms with Crippen LogP contribution < -0.4 is 4.74 Å². The second-order valence-corrected chi connectivity index (χ2v) is 8.29. The van der Waals surface area contributed by atoms with Crippen LogP contribution in [0.2, 0.25) is 0 Å². The third-order valence-electron chi connectivity index (χ3n) is 5.79. The summed E-state index contributed by atoms with van der Waals surface area (Å²) in [5.74, 6) is 4.18. The smallest absolute Gasteiger partial charge is 0.387 e. The quantitative estimate of drug-likeness (QED) is 0.148. The SMILES string of the molecule is CCCCCc1ccc(C#Cc2ccc3c(F)c(-c4ccc(OC(F)F)c(F)c4)ccc3c2)cc1. The van der Waals surface area contributed by atoms with Gasteiger partial charge in [0.15, 0.2) is 11.6 Å². The summed E-state index contributed by atoms with van der Waals surface area (Å²) in [6, 6.07) is 20.1. The Labute approximate surface area is 202 Å². The van der Waals surface area contributed by atoms with Gasteiger partial charge in [-0.15, -0.1) is 0 Å². The highest BCUT2D eigenvalue weighted by atomic mass is 19.3. The maximum Gasteiger partial charge on any atom is 0.387 e. The average Bonchev–Trinajstić information content (AvgIpc) is 2.85. The Morgan fingerprint density at radius 1 is 0.800 bits per heavy atom. The number of halogens is 4. The van der Waals surface area contributed by atoms with E-state index in [-0.39, 0.29) is 11.1 Å². The van der Waals surface area contributed by atoms with Gasteiger partial charge in [-0.1, -0.05) is 68.0 Å². The molecule has 0 unspecified atom stereocenters. The molecule has 0 aromatic heterocycles. The van der Waals surface area contributed by atoms with Gasteiger partial charge in [-0.25, -0.2) is 8.78 Å². The molecule has 0 aliphatic heterocycles. The minimum Gasteiger partial charge on any atom is -0.432 e. The zero-order valence-electron chi connectivity index (χ0n) is 19.3. The van der Waals surface area contributed by atoms with Crippen LogP contribution in [0.25, 0.3) is 21.9 Å². The van der Waals surface area contributed by atoms with Crippen LogP contribution in [0.1, 0.15) is 42.9 Å². The van der Waals surface area contributed by atoms with Crippen molar-refractivity contribution >= 4 is 10.8 Å². The van der Waals surface area contributed by atoms with E-state index in [0.717, 1.165) is 29.7 Å². The molecule has 0 fully saturated rings. The summed E-state index contributed by atoms with van der Waals surface area (Å²) < 4.78 is 58.2. The fourth-order valence-electron chi connectivity index (χ4n) is 3.93. The minimum absolute atomic E-state index is 0.165. The highest BCUT2D eigenvalue weighted by Crippen LogP contribution is 2.32. The lowest BCUT2D eigenvalue weighted by Gasteiger charge is -2.10. The molecule has 0 radical (unpaired) electrons. The molecule has 4 aromatic carbocycles. The lowest BCUT2D eigenvalue weighted by atomic mass is 9.98. The standard InChI is InChI=1S/C30H24F4O/c1-2-3-4-5-20-6-8-21(9-7-20)10-11-22-12-15-25-23(18-22)13-16-26(29(25)32)24-14-17-28(27(31)19-24)35-30(33)34/h6-9,12-19,30H,2-5H2,1H3. The van der Waals surface area contributed by atoms with Gasteiger partial charge in [-0.3, -0.25) is 0 Å². The van der Waals surface area contributed by atoms with Crippen LogP contribution in [0.3, 0.4) is 0 Å². The van der Waals surface area contributed by atoms with Gasteiger partial charge < -0.3 is 4.74 Å². The zero-order chi connectivity index (χ0) is 24.8. The van der Waals surface area contributed by atoms with E-state index in [1.54, 1.807) is 24.3 Å². The van der Waals surface area contributed by atoms with Gasteiger partial charge in [0.25, 0.3) is 0 Å². The molecule has 5 heteroatoms. The Morgan fingerprint density at radius 3 is 2.26 bits per heavy atom. The fraction of sp³-hybridized carbons (Fsp3) is 0.200. The van der Waals surface area contributed by atoms with Crippen molar-refractivity contribution in [1.29, 1.82) is 0 Å². The number of alkyl halides is 2. The summed E-state index contributed by atoms with van der Waals surface area (Å²) in [6.07, 6.45) is 4.68. The Bertz CT molecular complexity index is 1380. The summed E-state index contributed by atoms with van der Waals surface area (Å²) >= 11 is 0. The number of hydrogen-bond acceptors (Lipinski definition) is 1. The number of hydrogen-bond donors (Lipinski definition) is 0. The number of benzene rings is 4. The summed E-state index contributed by atoms with van der Waals surface area (Å²) in [5, 5.41) is 1.01. The molecule has 178 valence electrons. The molecule has 1 nitrogen and oxygen atoms in total. The largest absolute Gasteiger partial charge is 0.432 e. The average molecular weight is 477 g/mol. The van der Waals surface area contributed by atoms with Crippen LogP contribution in [0.4, 0.5) is 17.6 Å². The van der Waals surface area contributed by atoms with Gasteiger partial charge in [0, 0.05) is 22.1 Å². The van der Waals surface area contributed by atoms with Gasteiger partial charge in [0.1, 0.15) is 5.82 Å². The number of aryl methyl sites for hydroxylation is 1. The maximum atomic E-state index is 15.2. The Hall–Kier alpha value is -3.78. The number of fused-ring (bicyclic) bond motifs is 1. The van der Waals surface area contributed by atoms with Crippen molar-refractivity contribution in [1.82, 2.24) is 0 Å². The summed E-state index contributed by atoms with van der Waals surface area (Å²) in [6.45, 7) is -0.949. The molecule has 4 rings (SSSR count). The highest BCUT2D eigenvalue weighted by molar-refractivity contribution is 5.89. The van der Waals surface area contributed by atoms with E-state index >= 15 is 4.39 Å². The Kier molecular flexibility index (Phi) is 7.72. The predicted octanol–water partition coefficient (Wildman–Crippen LogP) is 8.52. The molecule has 0 spiro atoms. The molecule has 0 bridgehead atoms. The highest BCUT2D eigenvalue weighted by Gasteiger charge is 2.14. The van der Waals surface area contributed by atoms with E-state index in [9.17, 15) is 13.2 Å². The van der Waals surface area contributed by atoms with E-state index in [4.69, 9.17) is 0 Å². The Balaban J connectivity index is 1.55. The Morgan fingerprint density at radius 2 is 1.54 bits per heavy atom. The molecule has 35 heavy (non-hydrogen) atoms. The van der Waals surface area contributed by atoms with E-state index in [2.05, 4.69) is 35.6 Å². The summed E-state index contributed by atoms with van der Waals surface area (Å²) in [7, 11) is 0. The first-order chi connectivity index (χ1) is 16.9. The second kappa shape index (κ2) is 11.1. The van der Waals surface area contributed by atoms with Crippen molar-refractivity contribution < 1.29 is 22.3 Å². The molecule has 0 aliphatic carbocycles.